The van der Waals surface area contributed by atoms with Crippen molar-refractivity contribution in [3.8, 4) is 0 Å². The number of carbonyl (C=O) groups excluding carboxylic acids is 1. The van der Waals surface area contributed by atoms with Gasteiger partial charge in [-0.25, -0.2) is 0 Å². The lowest BCUT2D eigenvalue weighted by atomic mass is 9.79. The minimum absolute atomic E-state index is 0.0194. The molecule has 0 spiro atoms. The topological polar surface area (TPSA) is 52.6 Å². The Morgan fingerprint density at radius 1 is 1.29 bits per heavy atom. The van der Waals surface area contributed by atoms with E-state index in [1.165, 1.54) is 0 Å². The monoisotopic (exact) mass is 242 g/mol. The first-order valence-corrected chi connectivity index (χ1v) is 6.19. The maximum Gasteiger partial charge on any atom is 0.234 e. The Morgan fingerprint density at radius 3 is 2.18 bits per heavy atom. The van der Waals surface area contributed by atoms with Crippen molar-refractivity contribution in [2.24, 2.45) is 5.41 Å². The van der Waals surface area contributed by atoms with E-state index >= 15 is 0 Å². The van der Waals surface area contributed by atoms with Crippen LogP contribution in [0.4, 0.5) is 0 Å². The van der Waals surface area contributed by atoms with Crippen LogP contribution in [0.2, 0.25) is 0 Å². The Hall–Kier alpha value is -0.610. The third-order valence-corrected chi connectivity index (χ3v) is 3.49. The molecule has 0 bridgehead atoms. The maximum atomic E-state index is 11.8. The van der Waals surface area contributed by atoms with E-state index in [2.05, 4.69) is 5.32 Å². The normalized spacial score (nSPS) is 29.4. The molecule has 2 N–H and O–H groups in total. The molecule has 1 fully saturated rings. The third kappa shape index (κ3) is 3.68. The number of amides is 1. The molecular weight excluding hydrogens is 216 g/mol. The van der Waals surface area contributed by atoms with Crippen LogP contribution in [0.25, 0.3) is 0 Å². The predicted octanol–water partition coefficient (Wildman–Crippen LogP) is 0.994. The number of rotatable bonds is 2. The molecule has 1 aliphatic heterocycles. The van der Waals surface area contributed by atoms with Gasteiger partial charge in [0, 0.05) is 24.0 Å². The number of hydrogen-bond donors (Lipinski definition) is 2. The smallest absolute Gasteiger partial charge is 0.234 e. The van der Waals surface area contributed by atoms with Crippen molar-refractivity contribution in [2.75, 3.05) is 19.6 Å². The summed E-state index contributed by atoms with van der Waals surface area (Å²) in [5, 5.41) is 13.2. The Balaban J connectivity index is 2.54. The van der Waals surface area contributed by atoms with Crippen LogP contribution in [0.3, 0.4) is 0 Å². The van der Waals surface area contributed by atoms with Crippen LogP contribution in [-0.4, -0.2) is 46.7 Å². The molecule has 4 heteroatoms. The molecule has 0 aliphatic carbocycles. The van der Waals surface area contributed by atoms with Gasteiger partial charge in [0.15, 0.2) is 0 Å². The third-order valence-electron chi connectivity index (χ3n) is 3.49. The molecule has 1 atom stereocenters. The van der Waals surface area contributed by atoms with Gasteiger partial charge in [0.2, 0.25) is 5.91 Å². The Kier molecular flexibility index (Phi) is 3.61. The van der Waals surface area contributed by atoms with Gasteiger partial charge in [0.05, 0.1) is 12.1 Å². The number of nitrogens with one attached hydrogen (secondary N) is 1. The fourth-order valence-corrected chi connectivity index (χ4v) is 2.21. The summed E-state index contributed by atoms with van der Waals surface area (Å²) in [6.07, 6.45) is 0. The van der Waals surface area contributed by atoms with Gasteiger partial charge in [-0.3, -0.25) is 9.69 Å². The lowest BCUT2D eigenvalue weighted by Crippen LogP contribution is -2.46. The molecule has 0 saturated carbocycles. The van der Waals surface area contributed by atoms with Crippen molar-refractivity contribution in [2.45, 2.75) is 52.7 Å². The van der Waals surface area contributed by atoms with Crippen molar-refractivity contribution >= 4 is 5.91 Å². The van der Waals surface area contributed by atoms with Gasteiger partial charge >= 0.3 is 0 Å². The van der Waals surface area contributed by atoms with Crippen LogP contribution in [0.15, 0.2) is 0 Å². The zero-order chi connectivity index (χ0) is 13.5. The number of likely N-dealkylation sites (tertiary alicyclic amines) is 1. The highest BCUT2D eigenvalue weighted by Crippen LogP contribution is 2.38. The van der Waals surface area contributed by atoms with E-state index in [0.717, 1.165) is 6.54 Å². The van der Waals surface area contributed by atoms with E-state index in [1.807, 2.05) is 46.4 Å². The van der Waals surface area contributed by atoms with Crippen LogP contribution in [-0.2, 0) is 4.79 Å². The highest BCUT2D eigenvalue weighted by Gasteiger charge is 2.47. The van der Waals surface area contributed by atoms with Gasteiger partial charge in [-0.15, -0.1) is 0 Å². The van der Waals surface area contributed by atoms with Gasteiger partial charge in [-0.05, 0) is 27.7 Å². The molecule has 1 heterocycles. The average molecular weight is 242 g/mol. The first-order chi connectivity index (χ1) is 7.43. The van der Waals surface area contributed by atoms with Crippen LogP contribution in [0.1, 0.15) is 41.5 Å². The van der Waals surface area contributed by atoms with Crippen LogP contribution in [0, 0.1) is 5.41 Å². The zero-order valence-electron chi connectivity index (χ0n) is 11.9. The van der Waals surface area contributed by atoms with E-state index in [1.54, 1.807) is 0 Å². The van der Waals surface area contributed by atoms with E-state index in [9.17, 15) is 9.90 Å². The van der Waals surface area contributed by atoms with E-state index in [0.29, 0.717) is 13.1 Å². The van der Waals surface area contributed by atoms with Gasteiger partial charge in [-0.2, -0.15) is 0 Å². The second-order valence-electron chi connectivity index (χ2n) is 7.10. The second-order valence-corrected chi connectivity index (χ2v) is 7.10. The molecule has 0 radical (unpaired) electrons. The highest BCUT2D eigenvalue weighted by molar-refractivity contribution is 5.78. The Bertz CT molecular complexity index is 287. The minimum atomic E-state index is -0.727. The Morgan fingerprint density at radius 2 is 1.82 bits per heavy atom. The molecule has 100 valence electrons. The van der Waals surface area contributed by atoms with Gasteiger partial charge in [0.25, 0.3) is 0 Å². The molecule has 1 rings (SSSR count). The fraction of sp³-hybridized carbons (Fsp3) is 0.923. The minimum Gasteiger partial charge on any atom is -0.388 e. The summed E-state index contributed by atoms with van der Waals surface area (Å²) in [5.74, 6) is 0.0194. The lowest BCUT2D eigenvalue weighted by molar-refractivity contribution is -0.123. The molecule has 4 nitrogen and oxygen atoms in total. The second kappa shape index (κ2) is 4.25. The molecule has 0 aromatic carbocycles. The average Bonchev–Trinajstić information content (AvgIpc) is 2.13. The Labute approximate surface area is 104 Å². The van der Waals surface area contributed by atoms with Crippen molar-refractivity contribution in [3.05, 3.63) is 0 Å². The molecule has 0 unspecified atom stereocenters. The SMILES string of the molecule is CC(C)(C)NC(=O)CN1CC(C)(C)[C@@](C)(O)C1. The van der Waals surface area contributed by atoms with Crippen molar-refractivity contribution in [1.29, 1.82) is 0 Å². The quantitative estimate of drug-likeness (QED) is 0.759. The standard InChI is InChI=1S/C13H26N2O2/c1-11(2,3)14-10(16)7-15-8-12(4,5)13(6,17)9-15/h17H,7-9H2,1-6H3,(H,14,16)/t13-/m0/s1. The maximum absolute atomic E-state index is 11.8. The first kappa shape index (κ1) is 14.5. The van der Waals surface area contributed by atoms with Gasteiger partial charge in [-0.1, -0.05) is 13.8 Å². The van der Waals surface area contributed by atoms with Gasteiger partial charge < -0.3 is 10.4 Å². The number of hydrogen-bond acceptors (Lipinski definition) is 3. The van der Waals surface area contributed by atoms with Crippen molar-refractivity contribution in [3.63, 3.8) is 0 Å². The summed E-state index contributed by atoms with van der Waals surface area (Å²) < 4.78 is 0. The molecule has 1 amide bonds. The predicted molar refractivity (Wildman–Crippen MR) is 68.7 cm³/mol. The largest absolute Gasteiger partial charge is 0.388 e. The van der Waals surface area contributed by atoms with Crippen LogP contribution >= 0.6 is 0 Å². The molecular formula is C13H26N2O2. The lowest BCUT2D eigenvalue weighted by Gasteiger charge is -2.31. The number of β-amino-alcohol motifs (C(OH)–C–C–N with tert-alkyl or cyclic N) is 1. The summed E-state index contributed by atoms with van der Waals surface area (Å²) in [4.78, 5) is 13.8. The van der Waals surface area contributed by atoms with Crippen LogP contribution in [0.5, 0.6) is 0 Å². The summed E-state index contributed by atoms with van der Waals surface area (Å²) in [6.45, 7) is 13.5. The number of nitrogens with zero attached hydrogens (tertiary/aromatic N) is 1. The molecule has 17 heavy (non-hydrogen) atoms. The first-order valence-electron chi connectivity index (χ1n) is 6.19. The van der Waals surface area contributed by atoms with E-state index in [-0.39, 0.29) is 16.9 Å². The number of aliphatic hydroxyl groups is 1. The zero-order valence-corrected chi connectivity index (χ0v) is 11.9. The summed E-state index contributed by atoms with van der Waals surface area (Å²) >= 11 is 0. The van der Waals surface area contributed by atoms with Crippen molar-refractivity contribution in [1.82, 2.24) is 10.2 Å². The molecule has 0 aromatic heterocycles. The molecule has 1 aliphatic rings. The van der Waals surface area contributed by atoms with Gasteiger partial charge in [0.1, 0.15) is 0 Å². The number of carbonyl (C=O) groups is 1. The summed E-state index contributed by atoms with van der Waals surface area (Å²) in [6, 6.07) is 0. The van der Waals surface area contributed by atoms with E-state index < -0.39 is 5.60 Å². The van der Waals surface area contributed by atoms with Crippen molar-refractivity contribution < 1.29 is 9.90 Å². The van der Waals surface area contributed by atoms with E-state index in [4.69, 9.17) is 0 Å². The summed E-state index contributed by atoms with van der Waals surface area (Å²) in [5.41, 5.74) is -1.10. The van der Waals surface area contributed by atoms with Crippen LogP contribution < -0.4 is 5.32 Å². The summed E-state index contributed by atoms with van der Waals surface area (Å²) in [7, 11) is 0. The molecule has 0 aromatic rings. The molecule has 1 saturated heterocycles. The highest BCUT2D eigenvalue weighted by atomic mass is 16.3. The fourth-order valence-electron chi connectivity index (χ4n) is 2.21.